The van der Waals surface area contributed by atoms with Gasteiger partial charge < -0.3 is 5.32 Å². The van der Waals surface area contributed by atoms with E-state index in [0.717, 1.165) is 12.1 Å². The van der Waals surface area contributed by atoms with Gasteiger partial charge in [-0.3, -0.25) is 0 Å². The monoisotopic (exact) mass is 268 g/mol. The number of benzene rings is 1. The van der Waals surface area contributed by atoms with Crippen LogP contribution in [0.5, 0.6) is 0 Å². The minimum absolute atomic E-state index is 0.153. The highest BCUT2D eigenvalue weighted by Gasteiger charge is 2.19. The topological polar surface area (TPSA) is 58.2 Å². The van der Waals surface area contributed by atoms with E-state index in [1.54, 1.807) is 0 Å². The van der Waals surface area contributed by atoms with E-state index in [-0.39, 0.29) is 5.75 Å². The molecule has 18 heavy (non-hydrogen) atoms. The van der Waals surface area contributed by atoms with Gasteiger partial charge >= 0.3 is 0 Å². The van der Waals surface area contributed by atoms with Crippen LogP contribution < -0.4 is 10.0 Å². The molecule has 100 valence electrons. The normalized spacial score (nSPS) is 15.8. The zero-order valence-corrected chi connectivity index (χ0v) is 11.2. The van der Waals surface area contributed by atoms with Gasteiger partial charge in [0.25, 0.3) is 0 Å². The van der Waals surface area contributed by atoms with Crippen molar-refractivity contribution in [2.24, 2.45) is 0 Å². The van der Waals surface area contributed by atoms with Gasteiger partial charge in [-0.2, -0.15) is 0 Å². The molecule has 1 aliphatic rings. The molecular formula is C13H20N2O2S. The van der Waals surface area contributed by atoms with Crippen molar-refractivity contribution >= 4 is 10.0 Å². The second-order valence-electron chi connectivity index (χ2n) is 4.68. The Kier molecular flexibility index (Phi) is 4.74. The Hall–Kier alpha value is -0.910. The van der Waals surface area contributed by atoms with Gasteiger partial charge in [-0.05, 0) is 24.8 Å². The van der Waals surface area contributed by atoms with E-state index >= 15 is 0 Å². The van der Waals surface area contributed by atoms with Crippen LogP contribution in [-0.4, -0.2) is 33.3 Å². The molecule has 1 fully saturated rings. The van der Waals surface area contributed by atoms with E-state index in [1.165, 1.54) is 12.8 Å². The van der Waals surface area contributed by atoms with Crippen LogP contribution >= 0.6 is 0 Å². The zero-order valence-electron chi connectivity index (χ0n) is 10.4. The van der Waals surface area contributed by atoms with Crippen molar-refractivity contribution < 1.29 is 8.42 Å². The largest absolute Gasteiger partial charge is 0.313 e. The summed E-state index contributed by atoms with van der Waals surface area (Å²) in [5, 5.41) is 3.28. The van der Waals surface area contributed by atoms with Crippen molar-refractivity contribution in [3.05, 3.63) is 35.9 Å². The van der Waals surface area contributed by atoms with Crippen molar-refractivity contribution in [2.45, 2.75) is 25.3 Å². The Labute approximate surface area is 109 Å². The molecule has 2 rings (SSSR count). The lowest BCUT2D eigenvalue weighted by Crippen LogP contribution is -2.34. The van der Waals surface area contributed by atoms with E-state index in [9.17, 15) is 8.42 Å². The Balaban J connectivity index is 1.66. The van der Waals surface area contributed by atoms with Gasteiger partial charge in [-0.15, -0.1) is 0 Å². The predicted octanol–water partition coefficient (Wildman–Crippen LogP) is 0.900. The molecule has 0 aromatic heterocycles. The molecule has 0 heterocycles. The first-order valence-corrected chi connectivity index (χ1v) is 8.05. The molecule has 4 nitrogen and oxygen atoms in total. The summed E-state index contributed by atoms with van der Waals surface area (Å²) in [7, 11) is -3.15. The van der Waals surface area contributed by atoms with Crippen LogP contribution in [0.15, 0.2) is 30.3 Å². The predicted molar refractivity (Wildman–Crippen MR) is 73.0 cm³/mol. The average Bonchev–Trinajstić information content (AvgIpc) is 3.18. The van der Waals surface area contributed by atoms with E-state index in [1.807, 2.05) is 30.3 Å². The Morgan fingerprint density at radius 1 is 1.11 bits per heavy atom. The lowest BCUT2D eigenvalue weighted by atomic mass is 10.2. The molecule has 1 aromatic carbocycles. The van der Waals surface area contributed by atoms with Crippen LogP contribution in [0.4, 0.5) is 0 Å². The molecule has 2 N–H and O–H groups in total. The van der Waals surface area contributed by atoms with Gasteiger partial charge in [0.05, 0.1) is 5.75 Å². The molecule has 1 aromatic rings. The Morgan fingerprint density at radius 2 is 1.83 bits per heavy atom. The highest BCUT2D eigenvalue weighted by Crippen LogP contribution is 2.17. The number of aryl methyl sites for hydroxylation is 1. The fourth-order valence-electron chi connectivity index (χ4n) is 1.74. The second-order valence-corrected chi connectivity index (χ2v) is 6.60. The SMILES string of the molecule is O=S(=O)(CCc1ccccc1)NCCNC1CC1. The van der Waals surface area contributed by atoms with Crippen molar-refractivity contribution in [1.82, 2.24) is 10.0 Å². The van der Waals surface area contributed by atoms with Crippen LogP contribution in [0.25, 0.3) is 0 Å². The number of rotatable bonds is 8. The third-order valence-corrected chi connectivity index (χ3v) is 4.35. The minimum Gasteiger partial charge on any atom is -0.313 e. The first-order valence-electron chi connectivity index (χ1n) is 6.40. The molecule has 0 unspecified atom stereocenters. The number of sulfonamides is 1. The summed E-state index contributed by atoms with van der Waals surface area (Å²) in [6.45, 7) is 1.20. The fraction of sp³-hybridized carbons (Fsp3) is 0.538. The number of nitrogens with one attached hydrogen (secondary N) is 2. The third-order valence-electron chi connectivity index (χ3n) is 2.96. The molecule has 0 amide bonds. The standard InChI is InChI=1S/C13H20N2O2S/c16-18(17,15-10-9-14-13-6-7-13)11-8-12-4-2-1-3-5-12/h1-5,13-15H,6-11H2. The van der Waals surface area contributed by atoms with Gasteiger partial charge in [0.15, 0.2) is 0 Å². The summed E-state index contributed by atoms with van der Waals surface area (Å²) in [6.07, 6.45) is 3.01. The molecule has 5 heteroatoms. The smallest absolute Gasteiger partial charge is 0.211 e. The molecule has 1 aliphatic carbocycles. The maximum Gasteiger partial charge on any atom is 0.211 e. The van der Waals surface area contributed by atoms with E-state index in [0.29, 0.717) is 19.0 Å². The average molecular weight is 268 g/mol. The lowest BCUT2D eigenvalue weighted by molar-refractivity contribution is 0.574. The molecule has 0 aliphatic heterocycles. The van der Waals surface area contributed by atoms with Crippen LogP contribution in [0.2, 0.25) is 0 Å². The Morgan fingerprint density at radius 3 is 2.50 bits per heavy atom. The highest BCUT2D eigenvalue weighted by atomic mass is 32.2. The first kappa shape index (κ1) is 13.5. The minimum atomic E-state index is -3.15. The van der Waals surface area contributed by atoms with Crippen molar-refractivity contribution in [2.75, 3.05) is 18.8 Å². The number of hydrogen-bond acceptors (Lipinski definition) is 3. The van der Waals surface area contributed by atoms with Crippen molar-refractivity contribution in [3.63, 3.8) is 0 Å². The van der Waals surface area contributed by atoms with Crippen LogP contribution in [0.3, 0.4) is 0 Å². The van der Waals surface area contributed by atoms with Gasteiger partial charge in [-0.25, -0.2) is 13.1 Å². The Bertz CT molecular complexity index is 455. The first-order chi connectivity index (χ1) is 8.66. The summed E-state index contributed by atoms with van der Waals surface area (Å²) in [5.74, 6) is 0.153. The quantitative estimate of drug-likeness (QED) is 0.689. The van der Waals surface area contributed by atoms with E-state index < -0.39 is 10.0 Å². The summed E-state index contributed by atoms with van der Waals surface area (Å²) < 4.78 is 26.1. The van der Waals surface area contributed by atoms with Gasteiger partial charge in [0.2, 0.25) is 10.0 Å². The van der Waals surface area contributed by atoms with E-state index in [4.69, 9.17) is 0 Å². The number of hydrogen-bond donors (Lipinski definition) is 2. The summed E-state index contributed by atoms with van der Waals surface area (Å²) in [4.78, 5) is 0. The van der Waals surface area contributed by atoms with Gasteiger partial charge in [0, 0.05) is 19.1 Å². The van der Waals surface area contributed by atoms with Crippen molar-refractivity contribution in [3.8, 4) is 0 Å². The molecule has 1 saturated carbocycles. The maximum atomic E-state index is 11.7. The summed E-state index contributed by atoms with van der Waals surface area (Å²) in [6, 6.07) is 10.3. The molecule has 0 atom stereocenters. The third kappa shape index (κ3) is 5.16. The van der Waals surface area contributed by atoms with Crippen molar-refractivity contribution in [1.29, 1.82) is 0 Å². The zero-order chi connectivity index (χ0) is 12.8. The molecule has 0 spiro atoms. The second kappa shape index (κ2) is 6.31. The maximum absolute atomic E-state index is 11.7. The molecule has 0 saturated heterocycles. The highest BCUT2D eigenvalue weighted by molar-refractivity contribution is 7.89. The van der Waals surface area contributed by atoms with Crippen LogP contribution in [-0.2, 0) is 16.4 Å². The van der Waals surface area contributed by atoms with E-state index in [2.05, 4.69) is 10.0 Å². The summed E-state index contributed by atoms with van der Waals surface area (Å²) >= 11 is 0. The fourth-order valence-corrected chi connectivity index (χ4v) is 2.80. The summed E-state index contributed by atoms with van der Waals surface area (Å²) in [5.41, 5.74) is 1.05. The molecular weight excluding hydrogens is 248 g/mol. The lowest BCUT2D eigenvalue weighted by Gasteiger charge is -2.07. The van der Waals surface area contributed by atoms with Crippen LogP contribution in [0.1, 0.15) is 18.4 Å². The van der Waals surface area contributed by atoms with Gasteiger partial charge in [-0.1, -0.05) is 30.3 Å². The van der Waals surface area contributed by atoms with Gasteiger partial charge in [0.1, 0.15) is 0 Å². The molecule has 0 bridgehead atoms. The molecule has 0 radical (unpaired) electrons. The van der Waals surface area contributed by atoms with Crippen LogP contribution in [0, 0.1) is 0 Å².